The molecule has 0 radical (unpaired) electrons. The van der Waals surface area contributed by atoms with Gasteiger partial charge in [-0.25, -0.2) is 0 Å². The zero-order valence-electron chi connectivity index (χ0n) is 8.80. The Balaban J connectivity index is 1.91. The van der Waals surface area contributed by atoms with Crippen molar-refractivity contribution in [2.75, 3.05) is 12.4 Å². The van der Waals surface area contributed by atoms with E-state index in [0.717, 1.165) is 12.8 Å². The van der Waals surface area contributed by atoms with Gasteiger partial charge in [0.05, 0.1) is 0 Å². The number of carbonyl (C=O) groups excluding carboxylic acids is 1. The molecule has 86 valence electrons. The van der Waals surface area contributed by atoms with Gasteiger partial charge in [-0.2, -0.15) is 0 Å². The molecule has 0 unspecified atom stereocenters. The number of hydrogen-bond donors (Lipinski definition) is 1. The summed E-state index contributed by atoms with van der Waals surface area (Å²) in [4.78, 5) is 11.7. The van der Waals surface area contributed by atoms with Gasteiger partial charge in [-0.1, -0.05) is 11.6 Å². The highest BCUT2D eigenvalue weighted by molar-refractivity contribution is 6.30. The minimum absolute atomic E-state index is 0.0620. The monoisotopic (exact) mass is 257 g/mol. The van der Waals surface area contributed by atoms with Gasteiger partial charge in [0.2, 0.25) is 0 Å². The number of amides is 1. The minimum Gasteiger partial charge on any atom is -0.351 e. The second-order valence-electron chi connectivity index (χ2n) is 4.32. The average Bonchev–Trinajstić information content (AvgIpc) is 3.08. The lowest BCUT2D eigenvalue weighted by Crippen LogP contribution is -2.30. The normalized spacial score (nSPS) is 16.9. The van der Waals surface area contributed by atoms with Crippen LogP contribution in [0.4, 0.5) is 0 Å². The summed E-state index contributed by atoms with van der Waals surface area (Å²) in [6, 6.07) is 6.87. The van der Waals surface area contributed by atoms with Crippen LogP contribution in [-0.2, 0) is 0 Å². The molecule has 4 heteroatoms. The summed E-state index contributed by atoms with van der Waals surface area (Å²) in [5.41, 5.74) is 0.790. The lowest BCUT2D eigenvalue weighted by Gasteiger charge is -2.12. The summed E-state index contributed by atoms with van der Waals surface area (Å²) in [5.74, 6) is 0.557. The Morgan fingerprint density at radius 1 is 1.31 bits per heavy atom. The summed E-state index contributed by atoms with van der Waals surface area (Å²) >= 11 is 11.6. The molecule has 0 atom stereocenters. The summed E-state index contributed by atoms with van der Waals surface area (Å²) in [6.07, 6.45) is 2.22. The fraction of sp³-hybridized carbons (Fsp3) is 0.417. The third-order valence-corrected chi connectivity index (χ3v) is 3.79. The minimum atomic E-state index is -0.0620. The van der Waals surface area contributed by atoms with E-state index in [0.29, 0.717) is 23.0 Å². The number of hydrogen-bond acceptors (Lipinski definition) is 1. The SMILES string of the molecule is O=C(NCC1(CCl)CC1)c1ccc(Cl)cc1. The molecule has 0 heterocycles. The molecule has 1 aliphatic rings. The Labute approximate surface area is 105 Å². The first kappa shape index (κ1) is 11.7. The van der Waals surface area contributed by atoms with Crippen LogP contribution in [0, 0.1) is 5.41 Å². The molecule has 1 aromatic carbocycles. The predicted molar refractivity (Wildman–Crippen MR) is 66.2 cm³/mol. The molecule has 0 saturated heterocycles. The summed E-state index contributed by atoms with van der Waals surface area (Å²) in [6.45, 7) is 0.665. The van der Waals surface area contributed by atoms with Crippen LogP contribution in [0.25, 0.3) is 0 Å². The smallest absolute Gasteiger partial charge is 0.251 e. The molecule has 1 aliphatic carbocycles. The first-order chi connectivity index (χ1) is 7.65. The van der Waals surface area contributed by atoms with Crippen LogP contribution in [0.3, 0.4) is 0 Å². The number of rotatable bonds is 4. The number of benzene rings is 1. The van der Waals surface area contributed by atoms with E-state index in [-0.39, 0.29) is 11.3 Å². The number of alkyl halides is 1. The molecule has 1 saturated carbocycles. The Morgan fingerprint density at radius 3 is 2.44 bits per heavy atom. The van der Waals surface area contributed by atoms with Crippen molar-refractivity contribution in [2.24, 2.45) is 5.41 Å². The van der Waals surface area contributed by atoms with Crippen LogP contribution in [0.15, 0.2) is 24.3 Å². The zero-order valence-corrected chi connectivity index (χ0v) is 10.3. The van der Waals surface area contributed by atoms with Crippen molar-refractivity contribution in [1.29, 1.82) is 0 Å². The predicted octanol–water partition coefficient (Wildman–Crippen LogP) is 3.09. The van der Waals surface area contributed by atoms with Gasteiger partial charge >= 0.3 is 0 Å². The van der Waals surface area contributed by atoms with Crippen LogP contribution in [0.2, 0.25) is 5.02 Å². The molecule has 0 bridgehead atoms. The van der Waals surface area contributed by atoms with E-state index in [1.165, 1.54) is 0 Å². The maximum Gasteiger partial charge on any atom is 0.251 e. The van der Waals surface area contributed by atoms with E-state index >= 15 is 0 Å². The lowest BCUT2D eigenvalue weighted by atomic mass is 10.1. The molecule has 1 fully saturated rings. The second-order valence-corrected chi connectivity index (χ2v) is 5.03. The van der Waals surface area contributed by atoms with E-state index < -0.39 is 0 Å². The van der Waals surface area contributed by atoms with E-state index in [1.54, 1.807) is 24.3 Å². The summed E-state index contributed by atoms with van der Waals surface area (Å²) < 4.78 is 0. The third kappa shape index (κ3) is 2.69. The van der Waals surface area contributed by atoms with Crippen LogP contribution in [-0.4, -0.2) is 18.3 Å². The van der Waals surface area contributed by atoms with E-state index in [2.05, 4.69) is 5.32 Å². The molecule has 0 aromatic heterocycles. The van der Waals surface area contributed by atoms with Gasteiger partial charge in [-0.3, -0.25) is 4.79 Å². The van der Waals surface area contributed by atoms with Crippen LogP contribution < -0.4 is 5.32 Å². The molecule has 16 heavy (non-hydrogen) atoms. The molecular weight excluding hydrogens is 245 g/mol. The van der Waals surface area contributed by atoms with E-state index in [4.69, 9.17) is 23.2 Å². The summed E-state index contributed by atoms with van der Waals surface area (Å²) in [5, 5.41) is 3.54. The highest BCUT2D eigenvalue weighted by atomic mass is 35.5. The Kier molecular flexibility index (Phi) is 3.41. The fourth-order valence-corrected chi connectivity index (χ4v) is 1.99. The molecule has 0 spiro atoms. The number of nitrogens with one attached hydrogen (secondary N) is 1. The van der Waals surface area contributed by atoms with Crippen molar-refractivity contribution < 1.29 is 4.79 Å². The third-order valence-electron chi connectivity index (χ3n) is 2.97. The molecule has 1 N–H and O–H groups in total. The van der Waals surface area contributed by atoms with Crippen LogP contribution in [0.1, 0.15) is 23.2 Å². The maximum absolute atomic E-state index is 11.7. The quantitative estimate of drug-likeness (QED) is 0.826. The van der Waals surface area contributed by atoms with Gasteiger partial charge in [0.25, 0.3) is 5.91 Å². The van der Waals surface area contributed by atoms with Crippen LogP contribution >= 0.6 is 23.2 Å². The first-order valence-electron chi connectivity index (χ1n) is 5.25. The van der Waals surface area contributed by atoms with Gasteiger partial charge in [-0.15, -0.1) is 11.6 Å². The highest BCUT2D eigenvalue weighted by Gasteiger charge is 2.41. The van der Waals surface area contributed by atoms with E-state index in [9.17, 15) is 4.79 Å². The molecule has 2 nitrogen and oxygen atoms in total. The largest absolute Gasteiger partial charge is 0.351 e. The Morgan fingerprint density at radius 2 is 1.94 bits per heavy atom. The van der Waals surface area contributed by atoms with E-state index in [1.807, 2.05) is 0 Å². The van der Waals surface area contributed by atoms with Gasteiger partial charge in [0, 0.05) is 28.4 Å². The van der Waals surface area contributed by atoms with Crippen molar-refractivity contribution in [2.45, 2.75) is 12.8 Å². The molecule has 0 aliphatic heterocycles. The van der Waals surface area contributed by atoms with Crippen molar-refractivity contribution in [3.8, 4) is 0 Å². The Hall–Kier alpha value is -0.730. The van der Waals surface area contributed by atoms with Gasteiger partial charge in [0.1, 0.15) is 0 Å². The second kappa shape index (κ2) is 4.64. The standard InChI is InChI=1S/C12H13Cl2NO/c13-7-12(5-6-12)8-15-11(16)9-1-3-10(14)4-2-9/h1-4H,5-8H2,(H,15,16). The number of carbonyl (C=O) groups is 1. The van der Waals surface area contributed by atoms with Gasteiger partial charge < -0.3 is 5.32 Å². The number of halogens is 2. The zero-order chi connectivity index (χ0) is 11.6. The molecule has 2 rings (SSSR count). The van der Waals surface area contributed by atoms with Crippen molar-refractivity contribution >= 4 is 29.1 Å². The highest BCUT2D eigenvalue weighted by Crippen LogP contribution is 2.45. The molecule has 1 aromatic rings. The first-order valence-corrected chi connectivity index (χ1v) is 6.16. The topological polar surface area (TPSA) is 29.1 Å². The molecular formula is C12H13Cl2NO. The Bertz CT molecular complexity index is 385. The lowest BCUT2D eigenvalue weighted by molar-refractivity contribution is 0.0946. The summed E-state index contributed by atoms with van der Waals surface area (Å²) in [7, 11) is 0. The molecule has 1 amide bonds. The van der Waals surface area contributed by atoms with Gasteiger partial charge in [-0.05, 0) is 37.1 Å². The van der Waals surface area contributed by atoms with Crippen molar-refractivity contribution in [3.63, 3.8) is 0 Å². The average molecular weight is 258 g/mol. The maximum atomic E-state index is 11.7. The van der Waals surface area contributed by atoms with Gasteiger partial charge in [0.15, 0.2) is 0 Å². The van der Waals surface area contributed by atoms with Crippen molar-refractivity contribution in [1.82, 2.24) is 5.32 Å². The van der Waals surface area contributed by atoms with Crippen molar-refractivity contribution in [3.05, 3.63) is 34.9 Å². The fourth-order valence-electron chi connectivity index (χ4n) is 1.51. The van der Waals surface area contributed by atoms with Crippen LogP contribution in [0.5, 0.6) is 0 Å².